The van der Waals surface area contributed by atoms with E-state index in [1.807, 2.05) is 32.8 Å². The number of oxime groups is 1. The van der Waals surface area contributed by atoms with Crippen LogP contribution in [0.15, 0.2) is 22.3 Å². The third kappa shape index (κ3) is 9.67. The number of primary amides is 1. The van der Waals surface area contributed by atoms with Gasteiger partial charge in [0.15, 0.2) is 12.1 Å². The highest BCUT2D eigenvalue weighted by Crippen LogP contribution is 2.40. The van der Waals surface area contributed by atoms with Gasteiger partial charge >= 0.3 is 5.97 Å². The highest BCUT2D eigenvalue weighted by atomic mass is 32.1. The molecule has 0 saturated carbocycles. The quantitative estimate of drug-likeness (QED) is 0.267. The Bertz CT molecular complexity index is 1710. The Balaban J connectivity index is 1.69. The van der Waals surface area contributed by atoms with Crippen molar-refractivity contribution in [2.75, 3.05) is 27.3 Å². The van der Waals surface area contributed by atoms with Crippen molar-refractivity contribution in [1.82, 2.24) is 4.90 Å². The number of nitrogens with zero attached hydrogens (tertiary/aromatic N) is 3. The van der Waals surface area contributed by atoms with Crippen LogP contribution in [-0.2, 0) is 49.3 Å². The summed E-state index contributed by atoms with van der Waals surface area (Å²) >= 11 is 1.13. The number of hydrogen-bond acceptors (Lipinski definition) is 15. The molecule has 0 spiro atoms. The van der Waals surface area contributed by atoms with Crippen LogP contribution in [0.4, 0.5) is 0 Å². The maximum Gasteiger partial charge on any atom is 0.316 e. The van der Waals surface area contributed by atoms with Crippen LogP contribution in [0, 0.1) is 23.7 Å². The number of hydrogen-bond donors (Lipinski definition) is 3. The van der Waals surface area contributed by atoms with Gasteiger partial charge in [0.2, 0.25) is 6.10 Å². The van der Waals surface area contributed by atoms with E-state index in [1.165, 1.54) is 13.8 Å². The van der Waals surface area contributed by atoms with Gasteiger partial charge in [-0.05, 0) is 79.1 Å². The Kier molecular flexibility index (Phi) is 14.2. The largest absolute Gasteiger partial charge is 0.459 e. The van der Waals surface area contributed by atoms with Gasteiger partial charge in [-0.1, -0.05) is 32.9 Å². The van der Waals surface area contributed by atoms with E-state index in [0.717, 1.165) is 11.3 Å². The first kappa shape index (κ1) is 44.9. The van der Waals surface area contributed by atoms with Crippen molar-refractivity contribution in [3.63, 3.8) is 0 Å². The Hall–Kier alpha value is -3.16. The molecule has 4 bridgehead atoms. The average Bonchev–Trinajstić information content (AvgIpc) is 3.62. The molecule has 1 aromatic rings. The standard InChI is InChI=1S/C40H60N4O12S/c1-11-29-40(8,50)34-21(4)30-19(2)16-39(7,52-18-24(17-51-34)43-56-27(36(48)42-30)15-25-12-13-28(57-25)35(41)47)33(22(5)31(45)23(6)37(49)54-29)55-38-32(46)26(44(9)10)14-20(3)53-38/h12-13,19-23,26-27,29,32-34,38,46,50H,11,14-18H2,1-10H3,(H2,41,47)/b42-30?,43-24-/t19-,20-,21+,22+,23-,26+,27?,29-,32-,33-,34-,38+,39-,40-/m1/s1. The summed E-state index contributed by atoms with van der Waals surface area (Å²) in [4.78, 5) is 67.9. The van der Waals surface area contributed by atoms with Crippen LogP contribution in [0.25, 0.3) is 0 Å². The summed E-state index contributed by atoms with van der Waals surface area (Å²) in [6.45, 7) is 13.2. The summed E-state index contributed by atoms with van der Waals surface area (Å²) in [5, 5.41) is 28.3. The zero-order chi connectivity index (χ0) is 42.1. The van der Waals surface area contributed by atoms with Crippen molar-refractivity contribution >= 4 is 46.3 Å². The number of rotatable bonds is 7. The first-order chi connectivity index (χ1) is 26.7. The van der Waals surface area contributed by atoms with Crippen LogP contribution in [0.5, 0.6) is 0 Å². The fourth-order valence-corrected chi connectivity index (χ4v) is 9.62. The van der Waals surface area contributed by atoms with Gasteiger partial charge in [0, 0.05) is 34.9 Å². The molecule has 0 aromatic carbocycles. The molecule has 57 heavy (non-hydrogen) atoms. The third-order valence-electron chi connectivity index (χ3n) is 11.9. The minimum absolute atomic E-state index is 0.0331. The molecule has 5 heterocycles. The molecule has 17 heteroatoms. The summed E-state index contributed by atoms with van der Waals surface area (Å²) in [5.74, 6) is -6.23. The topological polar surface area (TPSA) is 218 Å². The van der Waals surface area contributed by atoms with E-state index in [2.05, 4.69) is 5.16 Å². The fourth-order valence-electron chi connectivity index (χ4n) is 8.73. The number of ether oxygens (including phenoxy) is 5. The molecular formula is C40H60N4O12S. The van der Waals surface area contributed by atoms with Crippen LogP contribution in [0.3, 0.4) is 0 Å². The third-order valence-corrected chi connectivity index (χ3v) is 13.1. The number of amides is 2. The highest BCUT2D eigenvalue weighted by molar-refractivity contribution is 7.14. The maximum absolute atomic E-state index is 14.4. The Morgan fingerprint density at radius 3 is 2.42 bits per heavy atom. The van der Waals surface area contributed by atoms with Gasteiger partial charge in [0.25, 0.3) is 11.8 Å². The number of ketones is 1. The molecule has 3 fully saturated rings. The van der Waals surface area contributed by atoms with Crippen LogP contribution in [-0.4, -0.2) is 138 Å². The predicted molar refractivity (Wildman–Crippen MR) is 210 cm³/mol. The zero-order valence-electron chi connectivity index (χ0n) is 34.6. The van der Waals surface area contributed by atoms with Crippen LogP contribution >= 0.6 is 11.3 Å². The van der Waals surface area contributed by atoms with E-state index >= 15 is 0 Å². The number of carbonyl (C=O) groups is 4. The van der Waals surface area contributed by atoms with Crippen molar-refractivity contribution < 1.29 is 57.9 Å². The number of nitrogens with two attached hydrogens (primary N) is 1. The second-order valence-electron chi connectivity index (χ2n) is 16.8. The predicted octanol–water partition coefficient (Wildman–Crippen LogP) is 2.69. The van der Waals surface area contributed by atoms with Gasteiger partial charge in [-0.15, -0.1) is 11.3 Å². The van der Waals surface area contributed by atoms with E-state index in [4.69, 9.17) is 39.2 Å². The molecule has 318 valence electrons. The van der Waals surface area contributed by atoms with Gasteiger partial charge in [-0.3, -0.25) is 19.2 Å². The molecule has 0 radical (unpaired) electrons. The minimum Gasteiger partial charge on any atom is -0.459 e. The number of aliphatic hydroxyl groups excluding tert-OH is 1. The molecule has 4 aliphatic rings. The summed E-state index contributed by atoms with van der Waals surface area (Å²) < 4.78 is 32.2. The van der Waals surface area contributed by atoms with Gasteiger partial charge < -0.3 is 49.4 Å². The number of carbonyl (C=O) groups excluding carboxylic acids is 4. The second-order valence-corrected chi connectivity index (χ2v) is 18.0. The molecular weight excluding hydrogens is 761 g/mol. The van der Waals surface area contributed by atoms with Crippen LogP contribution in [0.1, 0.15) is 89.2 Å². The number of esters is 1. The lowest BCUT2D eigenvalue weighted by Crippen LogP contribution is -2.60. The Morgan fingerprint density at radius 1 is 1.09 bits per heavy atom. The van der Waals surface area contributed by atoms with E-state index in [0.29, 0.717) is 21.9 Å². The minimum atomic E-state index is -1.86. The molecule has 4 N–H and O–H groups in total. The lowest BCUT2D eigenvalue weighted by atomic mass is 9.73. The van der Waals surface area contributed by atoms with Gasteiger partial charge in [0.1, 0.15) is 29.4 Å². The average molecular weight is 821 g/mol. The van der Waals surface area contributed by atoms with Gasteiger partial charge in [0.05, 0.1) is 42.0 Å². The number of likely N-dealkylation sites (N-methyl/N-ethyl adjacent to an activating group) is 1. The summed E-state index contributed by atoms with van der Waals surface area (Å²) in [7, 11) is 3.71. The maximum atomic E-state index is 14.4. The summed E-state index contributed by atoms with van der Waals surface area (Å²) in [5.41, 5.74) is 2.78. The summed E-state index contributed by atoms with van der Waals surface area (Å²) in [6, 6.07) is 2.94. The summed E-state index contributed by atoms with van der Waals surface area (Å²) in [6.07, 6.45) is -6.33. The molecule has 1 unspecified atom stereocenters. The number of aliphatic hydroxyl groups is 2. The van der Waals surface area contributed by atoms with Crippen LogP contribution in [0.2, 0.25) is 0 Å². The van der Waals surface area contributed by atoms with E-state index < -0.39 is 95.3 Å². The van der Waals surface area contributed by atoms with Crippen LogP contribution < -0.4 is 5.73 Å². The lowest BCUT2D eigenvalue weighted by Gasteiger charge is -2.47. The molecule has 0 aliphatic carbocycles. The highest BCUT2D eigenvalue weighted by Gasteiger charge is 2.53. The first-order valence-corrected chi connectivity index (χ1v) is 20.6. The molecule has 4 aliphatic heterocycles. The lowest BCUT2D eigenvalue weighted by molar-refractivity contribution is -0.296. The first-order valence-electron chi connectivity index (χ1n) is 19.8. The number of thiophene rings is 1. The number of Topliss-reactive ketones (excluding diaryl/α,β-unsaturated/α-hetero) is 1. The molecule has 16 nitrogen and oxygen atoms in total. The van der Waals surface area contributed by atoms with Crippen molar-refractivity contribution in [3.8, 4) is 0 Å². The second kappa shape index (κ2) is 18.0. The van der Waals surface area contributed by atoms with E-state index in [1.54, 1.807) is 39.8 Å². The van der Waals surface area contributed by atoms with Gasteiger partial charge in [-0.2, -0.15) is 0 Å². The monoisotopic (exact) mass is 820 g/mol. The van der Waals surface area contributed by atoms with Gasteiger partial charge in [-0.25, -0.2) is 4.99 Å². The molecule has 1 aromatic heterocycles. The number of aliphatic imine (C=N–C) groups is 1. The van der Waals surface area contributed by atoms with E-state index in [-0.39, 0.29) is 50.3 Å². The molecule has 2 amide bonds. The van der Waals surface area contributed by atoms with Crippen molar-refractivity contribution in [3.05, 3.63) is 21.9 Å². The van der Waals surface area contributed by atoms with E-state index in [9.17, 15) is 29.4 Å². The van der Waals surface area contributed by atoms with Crippen molar-refractivity contribution in [1.29, 1.82) is 0 Å². The SMILES string of the molecule is CC[C@H]1OC(=O)[C@H](C)C(=O)[C@H](C)[C@@H](O[C@@H]2O[C@H](C)C[C@H](N(C)C)[C@H]2O)[C@@]2(C)C[C@@H](C)C3=NC(=O)C(Cc4ccc(C(N)=O)s4)O/N=C(/CO[C@H]([C@H]3C)[C@]1(C)O)CO2. The van der Waals surface area contributed by atoms with Crippen molar-refractivity contribution in [2.45, 2.75) is 141 Å². The number of fused-ring (bicyclic) bond motifs is 4. The Labute approximate surface area is 338 Å². The normalized spacial score (nSPS) is 40.9. The molecule has 3 saturated heterocycles. The molecule has 14 atom stereocenters. The number of cyclic esters (lactones) is 1. The fraction of sp³-hybridized carbons (Fsp3) is 0.750. The zero-order valence-corrected chi connectivity index (χ0v) is 35.4. The van der Waals surface area contributed by atoms with Crippen molar-refractivity contribution in [2.24, 2.45) is 39.6 Å². The Morgan fingerprint density at radius 2 is 1.79 bits per heavy atom. The smallest absolute Gasteiger partial charge is 0.316 e. The molecule has 5 rings (SSSR count).